The number of allylic oxidation sites excluding steroid dienone is 1. The summed E-state index contributed by atoms with van der Waals surface area (Å²) in [5.74, 6) is 2.51. The number of hydrogen-bond donors (Lipinski definition) is 2. The van der Waals surface area contributed by atoms with Crippen LogP contribution in [0.3, 0.4) is 0 Å². The number of carbonyl (C=O) groups excluding carboxylic acids is 1. The van der Waals surface area contributed by atoms with Gasteiger partial charge in [-0.3, -0.25) is 4.79 Å². The van der Waals surface area contributed by atoms with Crippen LogP contribution in [0.25, 0.3) is 0 Å². The van der Waals surface area contributed by atoms with E-state index in [9.17, 15) is 9.90 Å². The normalized spacial score (nSPS) is 54.8. The SMILES string of the molecule is C[C@H]1CC[C@@H]2C(C[C@H]3CC2(O)C2=CC(=O)C4CCCCC4[C@@H]23)N1. The van der Waals surface area contributed by atoms with Gasteiger partial charge in [-0.05, 0) is 74.9 Å². The van der Waals surface area contributed by atoms with Gasteiger partial charge in [0, 0.05) is 23.9 Å². The minimum atomic E-state index is -0.691. The molecule has 0 aromatic rings. The second-order valence-electron chi connectivity index (χ2n) is 9.06. The highest BCUT2D eigenvalue weighted by Gasteiger charge is 2.62. The largest absolute Gasteiger partial charge is 0.385 e. The van der Waals surface area contributed by atoms with E-state index in [-0.39, 0.29) is 5.92 Å². The summed E-state index contributed by atoms with van der Waals surface area (Å²) in [7, 11) is 0. The first-order chi connectivity index (χ1) is 11.1. The van der Waals surface area contributed by atoms with Gasteiger partial charge in [0.25, 0.3) is 0 Å². The molecule has 3 heteroatoms. The molecule has 4 unspecified atom stereocenters. The molecule has 23 heavy (non-hydrogen) atoms. The standard InChI is InChI=1S/C20H29NO2/c1-11-6-7-15-17(21-11)8-12-10-20(15,23)16-9-18(22)13-4-2-3-5-14(13)19(12)16/h9,11-15,17,19,21,23H,2-8,10H2,1H3/t11-,12-,13?,14?,15+,17?,19-,20?/m0/s1. The lowest BCUT2D eigenvalue weighted by atomic mass is 9.63. The molecule has 1 saturated heterocycles. The number of hydrogen-bond acceptors (Lipinski definition) is 3. The molecule has 0 aromatic heterocycles. The van der Waals surface area contributed by atoms with Gasteiger partial charge >= 0.3 is 0 Å². The van der Waals surface area contributed by atoms with Crippen molar-refractivity contribution >= 4 is 5.78 Å². The Kier molecular flexibility index (Phi) is 3.13. The highest BCUT2D eigenvalue weighted by atomic mass is 16.3. The van der Waals surface area contributed by atoms with Crippen molar-refractivity contribution in [2.75, 3.05) is 0 Å². The fourth-order valence-corrected chi connectivity index (χ4v) is 7.11. The summed E-state index contributed by atoms with van der Waals surface area (Å²) in [6.45, 7) is 2.27. The van der Waals surface area contributed by atoms with Crippen LogP contribution in [0.2, 0.25) is 0 Å². The van der Waals surface area contributed by atoms with E-state index in [1.165, 1.54) is 25.7 Å². The van der Waals surface area contributed by atoms with E-state index in [1.807, 2.05) is 6.08 Å². The molecule has 1 heterocycles. The van der Waals surface area contributed by atoms with Gasteiger partial charge in [-0.1, -0.05) is 12.8 Å². The van der Waals surface area contributed by atoms with Crippen molar-refractivity contribution in [2.45, 2.75) is 76.0 Å². The molecule has 3 saturated carbocycles. The third-order valence-corrected chi connectivity index (χ3v) is 7.95. The molecule has 0 amide bonds. The van der Waals surface area contributed by atoms with Crippen molar-refractivity contribution in [2.24, 2.45) is 29.6 Å². The lowest BCUT2D eigenvalue weighted by Gasteiger charge is -2.47. The van der Waals surface area contributed by atoms with Crippen molar-refractivity contribution in [3.63, 3.8) is 0 Å². The van der Waals surface area contributed by atoms with Crippen LogP contribution in [-0.4, -0.2) is 28.6 Å². The van der Waals surface area contributed by atoms with E-state index >= 15 is 0 Å². The summed E-state index contributed by atoms with van der Waals surface area (Å²) >= 11 is 0. The molecule has 0 radical (unpaired) electrons. The molecule has 1 aliphatic heterocycles. The Morgan fingerprint density at radius 3 is 2.91 bits per heavy atom. The quantitative estimate of drug-likeness (QED) is 0.723. The number of fused-ring (bicyclic) bond motifs is 9. The maximum Gasteiger partial charge on any atom is 0.159 e. The highest BCUT2D eigenvalue weighted by molar-refractivity contribution is 5.94. The van der Waals surface area contributed by atoms with E-state index in [1.54, 1.807) is 0 Å². The average Bonchev–Trinajstić information content (AvgIpc) is 2.76. The molecule has 0 aromatic carbocycles. The highest BCUT2D eigenvalue weighted by Crippen LogP contribution is 2.62. The molecule has 3 nitrogen and oxygen atoms in total. The van der Waals surface area contributed by atoms with Gasteiger partial charge in [-0.15, -0.1) is 0 Å². The van der Waals surface area contributed by atoms with Gasteiger partial charge in [0.1, 0.15) is 0 Å². The minimum absolute atomic E-state index is 0.259. The molecule has 2 bridgehead atoms. The number of nitrogens with one attached hydrogen (secondary N) is 1. The molecule has 2 N–H and O–H groups in total. The van der Waals surface area contributed by atoms with Crippen molar-refractivity contribution in [3.05, 3.63) is 11.6 Å². The van der Waals surface area contributed by atoms with Gasteiger partial charge in [-0.25, -0.2) is 0 Å². The van der Waals surface area contributed by atoms with Gasteiger partial charge in [-0.2, -0.15) is 0 Å². The van der Waals surface area contributed by atoms with Gasteiger partial charge < -0.3 is 10.4 Å². The van der Waals surface area contributed by atoms with Gasteiger partial charge in [0.05, 0.1) is 5.60 Å². The Morgan fingerprint density at radius 1 is 1.22 bits per heavy atom. The smallest absolute Gasteiger partial charge is 0.159 e. The Bertz CT molecular complexity index is 570. The Labute approximate surface area is 138 Å². The summed E-state index contributed by atoms with van der Waals surface area (Å²) in [5.41, 5.74) is 0.461. The summed E-state index contributed by atoms with van der Waals surface area (Å²) < 4.78 is 0. The predicted molar refractivity (Wildman–Crippen MR) is 88.8 cm³/mol. The second-order valence-corrected chi connectivity index (χ2v) is 9.06. The van der Waals surface area contributed by atoms with Crippen LogP contribution in [0.15, 0.2) is 11.6 Å². The van der Waals surface area contributed by atoms with Crippen LogP contribution in [0, 0.1) is 29.6 Å². The van der Waals surface area contributed by atoms with Gasteiger partial charge in [0.2, 0.25) is 0 Å². The number of ketones is 1. The molecule has 5 rings (SSSR count). The number of carbonyl (C=O) groups is 1. The van der Waals surface area contributed by atoms with E-state index < -0.39 is 5.60 Å². The zero-order chi connectivity index (χ0) is 15.8. The van der Waals surface area contributed by atoms with Crippen LogP contribution >= 0.6 is 0 Å². The third kappa shape index (κ3) is 1.93. The summed E-state index contributed by atoms with van der Waals surface area (Å²) in [5, 5.41) is 15.4. The van der Waals surface area contributed by atoms with E-state index in [0.29, 0.717) is 41.5 Å². The minimum Gasteiger partial charge on any atom is -0.385 e. The van der Waals surface area contributed by atoms with Crippen molar-refractivity contribution < 1.29 is 9.90 Å². The van der Waals surface area contributed by atoms with Crippen LogP contribution < -0.4 is 5.32 Å². The lowest BCUT2D eigenvalue weighted by Crippen LogP contribution is -2.57. The molecule has 4 aliphatic carbocycles. The Morgan fingerprint density at radius 2 is 2.04 bits per heavy atom. The summed E-state index contributed by atoms with van der Waals surface area (Å²) in [4.78, 5) is 12.7. The van der Waals surface area contributed by atoms with Crippen LogP contribution in [0.4, 0.5) is 0 Å². The second kappa shape index (κ2) is 4.92. The van der Waals surface area contributed by atoms with Gasteiger partial charge in [0.15, 0.2) is 5.78 Å². The summed E-state index contributed by atoms with van der Waals surface area (Å²) in [6, 6.07) is 1.02. The zero-order valence-corrected chi connectivity index (χ0v) is 14.1. The van der Waals surface area contributed by atoms with E-state index in [2.05, 4.69) is 12.2 Å². The number of piperidine rings is 1. The van der Waals surface area contributed by atoms with E-state index in [0.717, 1.165) is 31.3 Å². The molecule has 8 atom stereocenters. The van der Waals surface area contributed by atoms with Crippen LogP contribution in [-0.2, 0) is 4.79 Å². The van der Waals surface area contributed by atoms with Crippen molar-refractivity contribution in [1.29, 1.82) is 0 Å². The first-order valence-electron chi connectivity index (χ1n) is 9.82. The Hall–Kier alpha value is -0.670. The van der Waals surface area contributed by atoms with Crippen LogP contribution in [0.1, 0.15) is 58.3 Å². The third-order valence-electron chi connectivity index (χ3n) is 7.95. The molecule has 126 valence electrons. The fourth-order valence-electron chi connectivity index (χ4n) is 7.11. The molecule has 4 fully saturated rings. The lowest BCUT2D eigenvalue weighted by molar-refractivity contribution is -0.122. The monoisotopic (exact) mass is 315 g/mol. The molecule has 5 aliphatic rings. The maximum atomic E-state index is 12.7. The summed E-state index contributed by atoms with van der Waals surface area (Å²) in [6.07, 6.45) is 11.0. The predicted octanol–water partition coefficient (Wildman–Crippen LogP) is 2.83. The fraction of sp³-hybridized carbons (Fsp3) is 0.850. The average molecular weight is 315 g/mol. The molecular weight excluding hydrogens is 286 g/mol. The Balaban J connectivity index is 1.57. The number of aliphatic hydroxyl groups is 1. The topological polar surface area (TPSA) is 49.3 Å². The van der Waals surface area contributed by atoms with Crippen LogP contribution in [0.5, 0.6) is 0 Å². The van der Waals surface area contributed by atoms with Crippen molar-refractivity contribution in [1.82, 2.24) is 5.32 Å². The maximum absolute atomic E-state index is 12.7. The zero-order valence-electron chi connectivity index (χ0n) is 14.1. The molecule has 0 spiro atoms. The first kappa shape index (κ1) is 14.7. The molecular formula is C20H29NO2. The number of rotatable bonds is 0. The first-order valence-corrected chi connectivity index (χ1v) is 9.82. The van der Waals surface area contributed by atoms with E-state index in [4.69, 9.17) is 0 Å². The van der Waals surface area contributed by atoms with Crippen molar-refractivity contribution in [3.8, 4) is 0 Å².